The van der Waals surface area contributed by atoms with E-state index in [0.29, 0.717) is 13.0 Å². The minimum absolute atomic E-state index is 0.0167. The second-order valence-corrected chi connectivity index (χ2v) is 5.39. The zero-order valence-corrected chi connectivity index (χ0v) is 11.9. The molecule has 4 atom stereocenters. The van der Waals surface area contributed by atoms with E-state index in [1.54, 1.807) is 0 Å². The zero-order valence-electron chi connectivity index (χ0n) is 11.9. The summed E-state index contributed by atoms with van der Waals surface area (Å²) >= 11 is 0. The van der Waals surface area contributed by atoms with E-state index in [1.807, 2.05) is 6.92 Å². The molecule has 2 saturated heterocycles. The lowest BCUT2D eigenvalue weighted by atomic mass is 10.1. The summed E-state index contributed by atoms with van der Waals surface area (Å²) in [5.74, 6) is -0.996. The number of carboxylic acids is 1. The topological polar surface area (TPSA) is 88.1 Å². The smallest absolute Gasteiger partial charge is 0.326 e. The highest BCUT2D eigenvalue weighted by Crippen LogP contribution is 2.21. The average Bonchev–Trinajstić information content (AvgIpc) is 3.07. The molecule has 7 nitrogen and oxygen atoms in total. The number of urea groups is 1. The van der Waals surface area contributed by atoms with Gasteiger partial charge in [-0.1, -0.05) is 0 Å². The number of carbonyl (C=O) groups excluding carboxylic acids is 1. The molecular formula is C13H22N2O5. The number of ether oxygens (including phenoxy) is 2. The Balaban J connectivity index is 1.94. The summed E-state index contributed by atoms with van der Waals surface area (Å²) in [5.41, 5.74) is 0. The van der Waals surface area contributed by atoms with Gasteiger partial charge >= 0.3 is 12.0 Å². The Morgan fingerprint density at radius 3 is 2.80 bits per heavy atom. The van der Waals surface area contributed by atoms with Crippen LogP contribution >= 0.6 is 0 Å². The standard InChI is InChI=1S/C13H22N2O5/c1-8(11-4-3-5-20-11)14-13(18)15-7-9(19-2)6-10(15)12(16)17/h8-11H,3-7H2,1-2H3,(H,14,18)(H,16,17). The largest absolute Gasteiger partial charge is 0.480 e. The van der Waals surface area contributed by atoms with Crippen LogP contribution in [0.3, 0.4) is 0 Å². The third-order valence-electron chi connectivity index (χ3n) is 4.02. The highest BCUT2D eigenvalue weighted by Gasteiger charge is 2.40. The first-order valence-electron chi connectivity index (χ1n) is 6.97. The molecule has 0 saturated carbocycles. The summed E-state index contributed by atoms with van der Waals surface area (Å²) in [4.78, 5) is 24.8. The van der Waals surface area contributed by atoms with Crippen molar-refractivity contribution in [3.8, 4) is 0 Å². The van der Waals surface area contributed by atoms with Gasteiger partial charge in [0.15, 0.2) is 0 Å². The van der Waals surface area contributed by atoms with Gasteiger partial charge in [0.2, 0.25) is 0 Å². The molecule has 2 aliphatic heterocycles. The van der Waals surface area contributed by atoms with E-state index in [0.717, 1.165) is 19.4 Å². The lowest BCUT2D eigenvalue weighted by Crippen LogP contribution is -2.51. The number of methoxy groups -OCH3 is 1. The van der Waals surface area contributed by atoms with E-state index in [1.165, 1.54) is 12.0 Å². The molecule has 0 aromatic heterocycles. The van der Waals surface area contributed by atoms with Crippen molar-refractivity contribution in [3.05, 3.63) is 0 Å². The lowest BCUT2D eigenvalue weighted by molar-refractivity contribution is -0.141. The maximum absolute atomic E-state index is 12.2. The number of carboxylic acid groups (broad SMARTS) is 1. The Hall–Kier alpha value is -1.34. The molecule has 114 valence electrons. The SMILES string of the molecule is COC1CC(C(=O)O)N(C(=O)NC(C)C2CCCO2)C1. The van der Waals surface area contributed by atoms with Gasteiger partial charge in [-0.05, 0) is 19.8 Å². The molecule has 7 heteroatoms. The maximum atomic E-state index is 12.2. The van der Waals surface area contributed by atoms with Crippen molar-refractivity contribution in [3.63, 3.8) is 0 Å². The van der Waals surface area contributed by atoms with Gasteiger partial charge in [-0.2, -0.15) is 0 Å². The highest BCUT2D eigenvalue weighted by molar-refractivity contribution is 5.83. The van der Waals surface area contributed by atoms with Gasteiger partial charge in [0.1, 0.15) is 6.04 Å². The molecule has 20 heavy (non-hydrogen) atoms. The highest BCUT2D eigenvalue weighted by atomic mass is 16.5. The minimum atomic E-state index is -0.996. The molecule has 0 aromatic carbocycles. The van der Waals surface area contributed by atoms with Gasteiger partial charge < -0.3 is 24.8 Å². The number of nitrogens with zero attached hydrogens (tertiary/aromatic N) is 1. The van der Waals surface area contributed by atoms with Crippen molar-refractivity contribution in [1.82, 2.24) is 10.2 Å². The lowest BCUT2D eigenvalue weighted by Gasteiger charge is -2.26. The van der Waals surface area contributed by atoms with Crippen LogP contribution in [-0.2, 0) is 14.3 Å². The molecule has 2 rings (SSSR count). The molecule has 2 heterocycles. The molecule has 2 aliphatic rings. The van der Waals surface area contributed by atoms with E-state index >= 15 is 0 Å². The van der Waals surface area contributed by atoms with Gasteiger partial charge in [0.25, 0.3) is 0 Å². The van der Waals surface area contributed by atoms with Crippen molar-refractivity contribution >= 4 is 12.0 Å². The van der Waals surface area contributed by atoms with Crippen molar-refractivity contribution < 1.29 is 24.2 Å². The molecule has 0 aromatic rings. The summed E-state index contributed by atoms with van der Waals surface area (Å²) in [6, 6.07) is -1.31. The molecule has 0 bridgehead atoms. The first kappa shape index (κ1) is 15.1. The van der Waals surface area contributed by atoms with Crippen molar-refractivity contribution in [2.45, 2.75) is 50.5 Å². The fourth-order valence-electron chi connectivity index (χ4n) is 2.79. The summed E-state index contributed by atoms with van der Waals surface area (Å²) in [5, 5.41) is 12.0. The number of likely N-dealkylation sites (tertiary alicyclic amines) is 1. The van der Waals surface area contributed by atoms with Crippen LogP contribution in [0.25, 0.3) is 0 Å². The molecule has 4 unspecified atom stereocenters. The quantitative estimate of drug-likeness (QED) is 0.783. The molecule has 2 N–H and O–H groups in total. The van der Waals surface area contributed by atoms with Crippen molar-refractivity contribution in [2.75, 3.05) is 20.3 Å². The number of hydrogen-bond donors (Lipinski definition) is 2. The van der Waals surface area contributed by atoms with Crippen LogP contribution < -0.4 is 5.32 Å². The van der Waals surface area contributed by atoms with Gasteiger partial charge in [-0.25, -0.2) is 9.59 Å². The zero-order chi connectivity index (χ0) is 14.7. The fourth-order valence-corrected chi connectivity index (χ4v) is 2.79. The first-order chi connectivity index (χ1) is 9.52. The van der Waals surface area contributed by atoms with Gasteiger partial charge in [-0.15, -0.1) is 0 Å². The van der Waals surface area contributed by atoms with E-state index < -0.39 is 12.0 Å². The van der Waals surface area contributed by atoms with E-state index in [2.05, 4.69) is 5.32 Å². The van der Waals surface area contributed by atoms with Crippen LogP contribution in [0.1, 0.15) is 26.2 Å². The van der Waals surface area contributed by atoms with Crippen LogP contribution in [0.5, 0.6) is 0 Å². The minimum Gasteiger partial charge on any atom is -0.480 e. The van der Waals surface area contributed by atoms with Crippen LogP contribution in [-0.4, -0.2) is 66.6 Å². The van der Waals surface area contributed by atoms with E-state index in [9.17, 15) is 14.7 Å². The predicted octanol–water partition coefficient (Wildman–Crippen LogP) is 0.437. The Kier molecular flexibility index (Phi) is 4.82. The molecule has 0 radical (unpaired) electrons. The average molecular weight is 286 g/mol. The van der Waals surface area contributed by atoms with Gasteiger partial charge in [0, 0.05) is 26.7 Å². The van der Waals surface area contributed by atoms with Gasteiger partial charge in [0.05, 0.1) is 18.2 Å². The van der Waals surface area contributed by atoms with E-state index in [4.69, 9.17) is 9.47 Å². The molecule has 0 spiro atoms. The Bertz CT molecular complexity index is 370. The number of amides is 2. The second kappa shape index (κ2) is 6.41. The van der Waals surface area contributed by atoms with E-state index in [-0.39, 0.29) is 24.3 Å². The fraction of sp³-hybridized carbons (Fsp3) is 0.846. The van der Waals surface area contributed by atoms with Crippen LogP contribution in [0.15, 0.2) is 0 Å². The monoisotopic (exact) mass is 286 g/mol. The third-order valence-corrected chi connectivity index (χ3v) is 4.02. The molecule has 2 fully saturated rings. The Morgan fingerprint density at radius 2 is 2.25 bits per heavy atom. The van der Waals surface area contributed by atoms with Crippen molar-refractivity contribution in [2.24, 2.45) is 0 Å². The third kappa shape index (κ3) is 3.21. The normalized spacial score (nSPS) is 31.3. The van der Waals surface area contributed by atoms with Crippen LogP contribution in [0.2, 0.25) is 0 Å². The summed E-state index contributed by atoms with van der Waals surface area (Å²) < 4.78 is 10.7. The van der Waals surface area contributed by atoms with Gasteiger partial charge in [-0.3, -0.25) is 0 Å². The molecule has 2 amide bonds. The predicted molar refractivity (Wildman–Crippen MR) is 70.5 cm³/mol. The second-order valence-electron chi connectivity index (χ2n) is 5.39. The van der Waals surface area contributed by atoms with Crippen LogP contribution in [0, 0.1) is 0 Å². The summed E-state index contributed by atoms with van der Waals surface area (Å²) in [6.07, 6.45) is 2.04. The van der Waals surface area contributed by atoms with Crippen molar-refractivity contribution in [1.29, 1.82) is 0 Å². The molecular weight excluding hydrogens is 264 g/mol. The Morgan fingerprint density at radius 1 is 1.50 bits per heavy atom. The summed E-state index contributed by atoms with van der Waals surface area (Å²) in [6.45, 7) is 2.91. The maximum Gasteiger partial charge on any atom is 0.326 e. The number of nitrogens with one attached hydrogen (secondary N) is 1. The number of carbonyl (C=O) groups is 2. The number of hydrogen-bond acceptors (Lipinski definition) is 4. The first-order valence-corrected chi connectivity index (χ1v) is 6.97. The number of aliphatic carboxylic acids is 1. The Labute approximate surface area is 118 Å². The number of rotatable bonds is 4. The summed E-state index contributed by atoms with van der Waals surface area (Å²) in [7, 11) is 1.53. The molecule has 0 aliphatic carbocycles. The van der Waals surface area contributed by atoms with Crippen LogP contribution in [0.4, 0.5) is 4.79 Å².